The molecule has 1 N–H and O–H groups in total. The fourth-order valence-electron chi connectivity index (χ4n) is 1.47. The van der Waals surface area contributed by atoms with Gasteiger partial charge in [-0.2, -0.15) is 0 Å². The largest absolute Gasteiger partial charge is 0.475 e. The molecule has 2 aromatic rings. The van der Waals surface area contributed by atoms with Crippen LogP contribution in [-0.2, 0) is 11.8 Å². The van der Waals surface area contributed by atoms with Crippen LogP contribution >= 0.6 is 11.3 Å². The van der Waals surface area contributed by atoms with Crippen molar-refractivity contribution in [3.63, 3.8) is 0 Å². The molecule has 0 saturated heterocycles. The van der Waals surface area contributed by atoms with Crippen molar-refractivity contribution >= 4 is 17.3 Å². The van der Waals surface area contributed by atoms with Crippen LogP contribution in [0.4, 0.5) is 0 Å². The molecule has 18 heavy (non-hydrogen) atoms. The Kier molecular flexibility index (Phi) is 3.26. The number of carboxylic acids is 1. The summed E-state index contributed by atoms with van der Waals surface area (Å²) in [4.78, 5) is 15.2. The maximum atomic E-state index is 10.7. The number of hydrogen-bond acceptors (Lipinski definition) is 4. The van der Waals surface area contributed by atoms with Crippen LogP contribution in [0.25, 0.3) is 0 Å². The van der Waals surface area contributed by atoms with Crippen molar-refractivity contribution in [1.29, 1.82) is 0 Å². The highest BCUT2D eigenvalue weighted by Crippen LogP contribution is 2.25. The quantitative estimate of drug-likeness (QED) is 0.924. The lowest BCUT2D eigenvalue weighted by molar-refractivity contribution is 0.0660. The first-order valence-electron chi connectivity index (χ1n) is 5.63. The van der Waals surface area contributed by atoms with Crippen LogP contribution in [-0.4, -0.2) is 16.1 Å². The molecule has 2 heterocycles. The third kappa shape index (κ3) is 2.79. The average Bonchev–Trinajstić information content (AvgIpc) is 2.85. The second-order valence-corrected chi connectivity index (χ2v) is 6.07. The average molecular weight is 265 g/mol. The molecule has 0 unspecified atom stereocenters. The van der Waals surface area contributed by atoms with Gasteiger partial charge in [0.2, 0.25) is 5.76 Å². The minimum absolute atomic E-state index is 0.0300. The van der Waals surface area contributed by atoms with E-state index in [1.807, 2.05) is 5.38 Å². The summed E-state index contributed by atoms with van der Waals surface area (Å²) in [5.41, 5.74) is 1.08. The maximum absolute atomic E-state index is 10.7. The smallest absolute Gasteiger partial charge is 0.371 e. The molecule has 0 aliphatic rings. The molecule has 0 radical (unpaired) electrons. The van der Waals surface area contributed by atoms with E-state index in [1.54, 1.807) is 17.4 Å². The van der Waals surface area contributed by atoms with Crippen LogP contribution in [0.3, 0.4) is 0 Å². The molecule has 2 aromatic heterocycles. The molecule has 5 heteroatoms. The molecule has 0 aliphatic heterocycles. The summed E-state index contributed by atoms with van der Waals surface area (Å²) in [6.45, 7) is 6.34. The number of rotatable bonds is 3. The predicted octanol–water partition coefficient (Wildman–Crippen LogP) is 3.32. The van der Waals surface area contributed by atoms with Crippen molar-refractivity contribution in [3.05, 3.63) is 39.7 Å². The Morgan fingerprint density at radius 3 is 2.67 bits per heavy atom. The second kappa shape index (κ2) is 4.57. The molecule has 96 valence electrons. The van der Waals surface area contributed by atoms with E-state index >= 15 is 0 Å². The highest BCUT2D eigenvalue weighted by atomic mass is 32.1. The van der Waals surface area contributed by atoms with Gasteiger partial charge in [0.1, 0.15) is 10.8 Å². The number of thiazole rings is 1. The van der Waals surface area contributed by atoms with Gasteiger partial charge in [0.15, 0.2) is 0 Å². The number of nitrogens with zero attached hydrogens (tertiary/aromatic N) is 1. The highest BCUT2D eigenvalue weighted by molar-refractivity contribution is 7.09. The van der Waals surface area contributed by atoms with Gasteiger partial charge in [0.05, 0.1) is 12.1 Å². The standard InChI is InChI=1S/C13H15NO3S/c1-13(2,3)10-7-18-11(14-10)6-8-4-5-9(17-8)12(15)16/h4-5,7H,6H2,1-3H3,(H,15,16). The van der Waals surface area contributed by atoms with Gasteiger partial charge in [-0.25, -0.2) is 9.78 Å². The zero-order valence-electron chi connectivity index (χ0n) is 10.6. The summed E-state index contributed by atoms with van der Waals surface area (Å²) >= 11 is 1.57. The van der Waals surface area contributed by atoms with Crippen molar-refractivity contribution in [2.24, 2.45) is 0 Å². The molecular formula is C13H15NO3S. The Balaban J connectivity index is 2.14. The van der Waals surface area contributed by atoms with E-state index < -0.39 is 5.97 Å². The van der Waals surface area contributed by atoms with E-state index in [0.29, 0.717) is 12.2 Å². The summed E-state index contributed by atoms with van der Waals surface area (Å²) in [6, 6.07) is 3.15. The number of aromatic nitrogens is 1. The first kappa shape index (κ1) is 12.8. The van der Waals surface area contributed by atoms with Crippen LogP contribution < -0.4 is 0 Å². The van der Waals surface area contributed by atoms with Gasteiger partial charge >= 0.3 is 5.97 Å². The van der Waals surface area contributed by atoms with E-state index in [2.05, 4.69) is 25.8 Å². The van der Waals surface area contributed by atoms with E-state index in [0.717, 1.165) is 10.7 Å². The number of aromatic carboxylic acids is 1. The Morgan fingerprint density at radius 1 is 1.44 bits per heavy atom. The van der Waals surface area contributed by atoms with Gasteiger partial charge in [0.25, 0.3) is 0 Å². The molecule has 0 saturated carbocycles. The second-order valence-electron chi connectivity index (χ2n) is 5.12. The van der Waals surface area contributed by atoms with Gasteiger partial charge in [-0.3, -0.25) is 0 Å². The van der Waals surface area contributed by atoms with E-state index in [9.17, 15) is 4.79 Å². The molecule has 0 atom stereocenters. The molecule has 0 aromatic carbocycles. The first-order valence-corrected chi connectivity index (χ1v) is 6.51. The van der Waals surface area contributed by atoms with E-state index in [1.165, 1.54) is 6.07 Å². The first-order chi connectivity index (χ1) is 8.36. The molecular weight excluding hydrogens is 250 g/mol. The zero-order chi connectivity index (χ0) is 13.3. The van der Waals surface area contributed by atoms with Gasteiger partial charge in [-0.05, 0) is 12.1 Å². The predicted molar refractivity (Wildman–Crippen MR) is 69.3 cm³/mol. The monoisotopic (exact) mass is 265 g/mol. The number of carboxylic acid groups (broad SMARTS) is 1. The Labute approximate surface area is 109 Å². The third-order valence-electron chi connectivity index (χ3n) is 2.52. The van der Waals surface area contributed by atoms with Crippen molar-refractivity contribution in [1.82, 2.24) is 4.98 Å². The fraction of sp³-hybridized carbons (Fsp3) is 0.385. The topological polar surface area (TPSA) is 63.3 Å². The highest BCUT2D eigenvalue weighted by Gasteiger charge is 2.18. The lowest BCUT2D eigenvalue weighted by Gasteiger charge is -2.14. The van der Waals surface area contributed by atoms with Gasteiger partial charge in [0, 0.05) is 10.8 Å². The summed E-state index contributed by atoms with van der Waals surface area (Å²) in [6.07, 6.45) is 0.536. The number of hydrogen-bond donors (Lipinski definition) is 1. The van der Waals surface area contributed by atoms with Gasteiger partial charge in [-0.1, -0.05) is 20.8 Å². The molecule has 0 fully saturated rings. The van der Waals surface area contributed by atoms with E-state index in [-0.39, 0.29) is 11.2 Å². The lowest BCUT2D eigenvalue weighted by Crippen LogP contribution is -2.11. The fourth-order valence-corrected chi connectivity index (χ4v) is 2.50. The van der Waals surface area contributed by atoms with Crippen LogP contribution in [0.5, 0.6) is 0 Å². The Bertz CT molecular complexity index is 563. The Hall–Kier alpha value is -1.62. The van der Waals surface area contributed by atoms with Crippen molar-refractivity contribution in [2.45, 2.75) is 32.6 Å². The Morgan fingerprint density at radius 2 is 2.17 bits per heavy atom. The maximum Gasteiger partial charge on any atom is 0.371 e. The SMILES string of the molecule is CC(C)(C)c1csc(Cc2ccc(C(=O)O)o2)n1. The summed E-state index contributed by atoms with van der Waals surface area (Å²) in [5, 5.41) is 11.7. The summed E-state index contributed by atoms with van der Waals surface area (Å²) in [7, 11) is 0. The summed E-state index contributed by atoms with van der Waals surface area (Å²) in [5.74, 6) is -0.449. The minimum Gasteiger partial charge on any atom is -0.475 e. The molecule has 0 spiro atoms. The summed E-state index contributed by atoms with van der Waals surface area (Å²) < 4.78 is 5.21. The molecule has 0 amide bonds. The van der Waals surface area contributed by atoms with Gasteiger partial charge in [-0.15, -0.1) is 11.3 Å². The van der Waals surface area contributed by atoms with Crippen LogP contribution in [0.1, 0.15) is 47.8 Å². The lowest BCUT2D eigenvalue weighted by atomic mass is 9.93. The number of carbonyl (C=O) groups is 1. The number of furan rings is 1. The zero-order valence-corrected chi connectivity index (χ0v) is 11.4. The van der Waals surface area contributed by atoms with Crippen molar-refractivity contribution in [2.75, 3.05) is 0 Å². The third-order valence-corrected chi connectivity index (χ3v) is 3.37. The molecule has 0 bridgehead atoms. The van der Waals surface area contributed by atoms with Crippen LogP contribution in [0, 0.1) is 0 Å². The minimum atomic E-state index is -1.05. The van der Waals surface area contributed by atoms with Crippen LogP contribution in [0.2, 0.25) is 0 Å². The van der Waals surface area contributed by atoms with E-state index in [4.69, 9.17) is 9.52 Å². The molecule has 4 nitrogen and oxygen atoms in total. The molecule has 2 rings (SSSR count). The van der Waals surface area contributed by atoms with Gasteiger partial charge < -0.3 is 9.52 Å². The normalized spacial score (nSPS) is 11.7. The van der Waals surface area contributed by atoms with Crippen molar-refractivity contribution < 1.29 is 14.3 Å². The van der Waals surface area contributed by atoms with Crippen molar-refractivity contribution in [3.8, 4) is 0 Å². The van der Waals surface area contributed by atoms with Crippen LogP contribution in [0.15, 0.2) is 21.9 Å². The molecule has 0 aliphatic carbocycles.